The summed E-state index contributed by atoms with van der Waals surface area (Å²) in [5.41, 5.74) is 2.57. The van der Waals surface area contributed by atoms with Gasteiger partial charge >= 0.3 is 0 Å². The number of carbonyl (C=O) groups excluding carboxylic acids is 1. The van der Waals surface area contributed by atoms with E-state index < -0.39 is 0 Å². The number of rotatable bonds is 3. The number of piperidine rings is 1. The van der Waals surface area contributed by atoms with Gasteiger partial charge in [0, 0.05) is 31.4 Å². The van der Waals surface area contributed by atoms with E-state index in [1.807, 2.05) is 36.2 Å². The zero-order valence-corrected chi connectivity index (χ0v) is 13.4. The molecule has 1 amide bonds. The van der Waals surface area contributed by atoms with Gasteiger partial charge in [-0.2, -0.15) is 5.10 Å². The van der Waals surface area contributed by atoms with Crippen LogP contribution >= 0.6 is 0 Å². The summed E-state index contributed by atoms with van der Waals surface area (Å²) < 4.78 is 1.71. The van der Waals surface area contributed by atoms with Crippen molar-refractivity contribution in [2.75, 3.05) is 16.8 Å². The molecule has 4 rings (SSSR count). The van der Waals surface area contributed by atoms with E-state index >= 15 is 0 Å². The second-order valence-electron chi connectivity index (χ2n) is 5.91. The minimum Gasteiger partial charge on any atom is -0.339 e. The van der Waals surface area contributed by atoms with E-state index in [1.165, 1.54) is 6.33 Å². The van der Waals surface area contributed by atoms with E-state index in [0.29, 0.717) is 12.2 Å². The smallest absolute Gasteiger partial charge is 0.226 e. The molecular formula is C17H18N6O. The number of nitrogens with zero attached hydrogens (tertiary/aromatic N) is 5. The van der Waals surface area contributed by atoms with Crippen LogP contribution < -0.4 is 10.2 Å². The lowest BCUT2D eigenvalue weighted by Gasteiger charge is -2.27. The van der Waals surface area contributed by atoms with Gasteiger partial charge in [-0.25, -0.2) is 9.97 Å². The summed E-state index contributed by atoms with van der Waals surface area (Å²) in [5, 5.41) is 8.39. The van der Waals surface area contributed by atoms with E-state index in [9.17, 15) is 4.79 Å². The minimum atomic E-state index is 0.190. The maximum atomic E-state index is 12.1. The molecule has 1 aromatic carbocycles. The van der Waals surface area contributed by atoms with Gasteiger partial charge in [0.1, 0.15) is 12.1 Å². The Morgan fingerprint density at radius 2 is 2.12 bits per heavy atom. The molecule has 1 saturated heterocycles. The van der Waals surface area contributed by atoms with Crippen LogP contribution in [0.25, 0.3) is 11.0 Å². The van der Waals surface area contributed by atoms with E-state index in [0.717, 1.165) is 41.8 Å². The van der Waals surface area contributed by atoms with Crippen LogP contribution in [0.2, 0.25) is 0 Å². The molecule has 0 aliphatic carbocycles. The number of nitrogens with one attached hydrogen (secondary N) is 1. The number of amides is 1. The first-order valence-electron chi connectivity index (χ1n) is 8.02. The molecule has 0 bridgehead atoms. The number of anilines is 3. The number of hydrogen-bond acceptors (Lipinski definition) is 5. The van der Waals surface area contributed by atoms with Crippen LogP contribution in [0.4, 0.5) is 17.2 Å². The Kier molecular flexibility index (Phi) is 3.60. The molecule has 1 aliphatic heterocycles. The number of benzene rings is 1. The second kappa shape index (κ2) is 5.92. The van der Waals surface area contributed by atoms with Crippen LogP contribution in [0.1, 0.15) is 19.3 Å². The largest absolute Gasteiger partial charge is 0.339 e. The highest BCUT2D eigenvalue weighted by molar-refractivity contribution is 5.95. The van der Waals surface area contributed by atoms with Gasteiger partial charge < -0.3 is 10.2 Å². The average molecular weight is 322 g/mol. The van der Waals surface area contributed by atoms with Crippen molar-refractivity contribution in [1.29, 1.82) is 0 Å². The first kappa shape index (κ1) is 14.6. The van der Waals surface area contributed by atoms with Gasteiger partial charge in [-0.15, -0.1) is 0 Å². The summed E-state index contributed by atoms with van der Waals surface area (Å²) in [7, 11) is 1.85. The Morgan fingerprint density at radius 3 is 3.00 bits per heavy atom. The van der Waals surface area contributed by atoms with Gasteiger partial charge in [0.2, 0.25) is 5.91 Å². The lowest BCUT2D eigenvalue weighted by atomic mass is 10.1. The Balaban J connectivity index is 1.65. The van der Waals surface area contributed by atoms with Crippen molar-refractivity contribution in [3.8, 4) is 0 Å². The third-order valence-corrected chi connectivity index (χ3v) is 4.27. The molecule has 1 N–H and O–H groups in total. The fraction of sp³-hybridized carbons (Fsp3) is 0.294. The van der Waals surface area contributed by atoms with Crippen molar-refractivity contribution >= 4 is 34.1 Å². The summed E-state index contributed by atoms with van der Waals surface area (Å²) in [4.78, 5) is 22.5. The predicted molar refractivity (Wildman–Crippen MR) is 92.2 cm³/mol. The highest BCUT2D eigenvalue weighted by atomic mass is 16.2. The summed E-state index contributed by atoms with van der Waals surface area (Å²) >= 11 is 0. The average Bonchev–Trinajstić information content (AvgIpc) is 2.98. The Labute approximate surface area is 139 Å². The summed E-state index contributed by atoms with van der Waals surface area (Å²) in [6.07, 6.45) is 5.92. The van der Waals surface area contributed by atoms with Gasteiger partial charge in [-0.05, 0) is 31.0 Å². The molecule has 0 atom stereocenters. The quantitative estimate of drug-likeness (QED) is 0.802. The molecule has 2 aromatic heterocycles. The standard InChI is InChI=1S/C17H18N6O/c1-22-17-14(10-20-22)16(18-11-19-17)21-12-5-4-6-13(9-12)23-8-3-2-7-15(23)24/h4-6,9-11H,2-3,7-8H2,1H3,(H,18,19,21). The number of aromatic nitrogens is 4. The fourth-order valence-electron chi connectivity index (χ4n) is 3.03. The third-order valence-electron chi connectivity index (χ3n) is 4.27. The molecule has 1 aliphatic rings. The van der Waals surface area contributed by atoms with E-state index in [4.69, 9.17) is 0 Å². The van der Waals surface area contributed by atoms with E-state index in [2.05, 4.69) is 20.4 Å². The van der Waals surface area contributed by atoms with Crippen molar-refractivity contribution in [1.82, 2.24) is 19.7 Å². The van der Waals surface area contributed by atoms with Crippen molar-refractivity contribution in [2.45, 2.75) is 19.3 Å². The molecule has 7 nitrogen and oxygen atoms in total. The van der Waals surface area contributed by atoms with Crippen molar-refractivity contribution < 1.29 is 4.79 Å². The lowest BCUT2D eigenvalue weighted by Crippen LogP contribution is -2.35. The fourth-order valence-corrected chi connectivity index (χ4v) is 3.03. The zero-order chi connectivity index (χ0) is 16.5. The van der Waals surface area contributed by atoms with Crippen LogP contribution in [-0.4, -0.2) is 32.2 Å². The molecule has 0 radical (unpaired) electrons. The summed E-state index contributed by atoms with van der Waals surface area (Å²) in [6.45, 7) is 0.780. The molecule has 0 spiro atoms. The third kappa shape index (κ3) is 2.58. The van der Waals surface area contributed by atoms with Gasteiger partial charge in [0.15, 0.2) is 5.65 Å². The van der Waals surface area contributed by atoms with Crippen LogP contribution in [0.15, 0.2) is 36.8 Å². The molecule has 3 heterocycles. The second-order valence-corrected chi connectivity index (χ2v) is 5.91. The number of carbonyl (C=O) groups is 1. The molecule has 7 heteroatoms. The number of hydrogen-bond donors (Lipinski definition) is 1. The molecule has 3 aromatic rings. The minimum absolute atomic E-state index is 0.190. The molecule has 122 valence electrons. The number of aryl methyl sites for hydroxylation is 1. The summed E-state index contributed by atoms with van der Waals surface area (Å²) in [6, 6.07) is 7.85. The Bertz CT molecular complexity index is 903. The normalized spacial score (nSPS) is 15.0. The zero-order valence-electron chi connectivity index (χ0n) is 13.4. The van der Waals surface area contributed by atoms with Gasteiger partial charge in [-0.3, -0.25) is 9.48 Å². The van der Waals surface area contributed by atoms with Gasteiger partial charge in [-0.1, -0.05) is 6.07 Å². The molecule has 24 heavy (non-hydrogen) atoms. The first-order valence-corrected chi connectivity index (χ1v) is 8.02. The van der Waals surface area contributed by atoms with Crippen LogP contribution in [0, 0.1) is 0 Å². The lowest BCUT2D eigenvalue weighted by molar-refractivity contribution is -0.119. The van der Waals surface area contributed by atoms with Crippen molar-refractivity contribution in [3.05, 3.63) is 36.8 Å². The topological polar surface area (TPSA) is 75.9 Å². The predicted octanol–water partition coefficient (Wildman–Crippen LogP) is 2.62. The van der Waals surface area contributed by atoms with Gasteiger partial charge in [0.05, 0.1) is 11.6 Å². The SMILES string of the molecule is Cn1ncc2c(Nc3cccc(N4CCCCC4=O)c3)ncnc21. The molecule has 1 fully saturated rings. The van der Waals surface area contributed by atoms with E-state index in [-0.39, 0.29) is 5.91 Å². The summed E-state index contributed by atoms with van der Waals surface area (Å²) in [5.74, 6) is 0.894. The maximum Gasteiger partial charge on any atom is 0.226 e. The maximum absolute atomic E-state index is 12.1. The van der Waals surface area contributed by atoms with Crippen molar-refractivity contribution in [2.24, 2.45) is 7.05 Å². The van der Waals surface area contributed by atoms with E-state index in [1.54, 1.807) is 10.9 Å². The molecule has 0 unspecified atom stereocenters. The highest BCUT2D eigenvalue weighted by Crippen LogP contribution is 2.27. The molecular weight excluding hydrogens is 304 g/mol. The molecule has 0 saturated carbocycles. The first-order chi connectivity index (χ1) is 11.7. The van der Waals surface area contributed by atoms with Crippen LogP contribution in [0.5, 0.6) is 0 Å². The Hall–Kier alpha value is -2.96. The Morgan fingerprint density at radius 1 is 1.21 bits per heavy atom. The van der Waals surface area contributed by atoms with Crippen LogP contribution in [0.3, 0.4) is 0 Å². The highest BCUT2D eigenvalue weighted by Gasteiger charge is 2.19. The monoisotopic (exact) mass is 322 g/mol. The van der Waals surface area contributed by atoms with Crippen molar-refractivity contribution in [3.63, 3.8) is 0 Å². The van der Waals surface area contributed by atoms with Crippen LogP contribution in [-0.2, 0) is 11.8 Å². The number of fused-ring (bicyclic) bond motifs is 1. The van der Waals surface area contributed by atoms with Gasteiger partial charge in [0.25, 0.3) is 0 Å².